The SMILES string of the molecule is NCc1ccc(NC(=O)C(=O)NCC(F)(F)c2ccc(Cl)c(Cl)c2)cc1. The van der Waals surface area contributed by atoms with Crippen molar-refractivity contribution < 1.29 is 18.4 Å². The van der Waals surface area contributed by atoms with E-state index in [1.807, 2.05) is 5.32 Å². The maximum Gasteiger partial charge on any atom is 0.313 e. The van der Waals surface area contributed by atoms with Gasteiger partial charge in [0.15, 0.2) is 0 Å². The van der Waals surface area contributed by atoms with Crippen molar-refractivity contribution in [3.63, 3.8) is 0 Å². The molecular formula is C17H15Cl2F2N3O2. The molecule has 138 valence electrons. The number of carbonyl (C=O) groups excluding carboxylic acids is 2. The van der Waals surface area contributed by atoms with Crippen LogP contribution < -0.4 is 16.4 Å². The monoisotopic (exact) mass is 401 g/mol. The van der Waals surface area contributed by atoms with Gasteiger partial charge in [-0.25, -0.2) is 0 Å². The molecule has 0 heterocycles. The summed E-state index contributed by atoms with van der Waals surface area (Å²) in [4.78, 5) is 23.5. The summed E-state index contributed by atoms with van der Waals surface area (Å²) in [6, 6.07) is 9.79. The molecule has 0 saturated heterocycles. The predicted octanol–water partition coefficient (Wildman–Crippen LogP) is 3.30. The zero-order chi connectivity index (χ0) is 19.3. The van der Waals surface area contributed by atoms with Crippen molar-refractivity contribution in [2.24, 2.45) is 5.73 Å². The van der Waals surface area contributed by atoms with E-state index in [1.165, 1.54) is 6.07 Å². The molecule has 4 N–H and O–H groups in total. The van der Waals surface area contributed by atoms with Gasteiger partial charge in [-0.3, -0.25) is 9.59 Å². The van der Waals surface area contributed by atoms with E-state index in [1.54, 1.807) is 24.3 Å². The van der Waals surface area contributed by atoms with Crippen LogP contribution in [0.4, 0.5) is 14.5 Å². The molecule has 2 amide bonds. The fraction of sp³-hybridized carbons (Fsp3) is 0.176. The Morgan fingerprint density at radius 1 is 1.00 bits per heavy atom. The van der Waals surface area contributed by atoms with Gasteiger partial charge in [0.1, 0.15) is 0 Å². The first-order valence-electron chi connectivity index (χ1n) is 7.44. The van der Waals surface area contributed by atoms with E-state index >= 15 is 0 Å². The summed E-state index contributed by atoms with van der Waals surface area (Å²) in [6.07, 6.45) is 0. The van der Waals surface area contributed by atoms with Crippen molar-refractivity contribution in [1.82, 2.24) is 5.32 Å². The van der Waals surface area contributed by atoms with Crippen LogP contribution >= 0.6 is 23.2 Å². The highest BCUT2D eigenvalue weighted by Crippen LogP contribution is 2.32. The predicted molar refractivity (Wildman–Crippen MR) is 96.3 cm³/mol. The Labute approximate surface area is 158 Å². The molecule has 0 spiro atoms. The lowest BCUT2D eigenvalue weighted by atomic mass is 10.1. The minimum atomic E-state index is -3.42. The first-order valence-corrected chi connectivity index (χ1v) is 8.20. The molecule has 2 aromatic carbocycles. The van der Waals surface area contributed by atoms with Crippen molar-refractivity contribution in [2.75, 3.05) is 11.9 Å². The molecule has 0 aliphatic rings. The Bertz CT molecular complexity index is 814. The molecule has 0 radical (unpaired) electrons. The van der Waals surface area contributed by atoms with E-state index in [9.17, 15) is 18.4 Å². The number of benzene rings is 2. The van der Waals surface area contributed by atoms with Gasteiger partial charge in [-0.1, -0.05) is 41.4 Å². The van der Waals surface area contributed by atoms with E-state index in [0.29, 0.717) is 12.2 Å². The van der Waals surface area contributed by atoms with Gasteiger partial charge in [0.2, 0.25) is 0 Å². The van der Waals surface area contributed by atoms with Crippen LogP contribution in [0.25, 0.3) is 0 Å². The third-order valence-electron chi connectivity index (χ3n) is 3.47. The van der Waals surface area contributed by atoms with Gasteiger partial charge in [-0.2, -0.15) is 8.78 Å². The summed E-state index contributed by atoms with van der Waals surface area (Å²) in [6.45, 7) is -0.734. The maximum absolute atomic E-state index is 14.1. The number of alkyl halides is 2. The number of nitrogens with two attached hydrogens (primary N) is 1. The van der Waals surface area contributed by atoms with Crippen LogP contribution in [0.3, 0.4) is 0 Å². The molecule has 0 bridgehead atoms. The molecule has 0 aliphatic heterocycles. The smallest absolute Gasteiger partial charge is 0.313 e. The van der Waals surface area contributed by atoms with E-state index in [2.05, 4.69) is 5.32 Å². The third-order valence-corrected chi connectivity index (χ3v) is 4.21. The molecule has 0 atom stereocenters. The standard InChI is InChI=1S/C17H15Cl2F2N3O2/c18-13-6-3-11(7-14(13)19)17(20,21)9-23-15(25)16(26)24-12-4-1-10(8-22)2-5-12/h1-7H,8-9,22H2,(H,23,25)(H,24,26). The quantitative estimate of drug-likeness (QED) is 0.671. The fourth-order valence-electron chi connectivity index (χ4n) is 2.01. The Hall–Kier alpha value is -2.22. The van der Waals surface area contributed by atoms with E-state index in [4.69, 9.17) is 28.9 Å². The Kier molecular flexibility index (Phi) is 6.52. The first-order chi connectivity index (χ1) is 12.2. The number of rotatable bonds is 5. The maximum atomic E-state index is 14.1. The molecule has 0 fully saturated rings. The number of hydrogen-bond donors (Lipinski definition) is 3. The highest BCUT2D eigenvalue weighted by molar-refractivity contribution is 6.42. The van der Waals surface area contributed by atoms with Gasteiger partial charge in [0.05, 0.1) is 16.6 Å². The molecule has 2 rings (SSSR count). The Morgan fingerprint density at radius 2 is 1.65 bits per heavy atom. The Morgan fingerprint density at radius 3 is 2.23 bits per heavy atom. The van der Waals surface area contributed by atoms with Crippen LogP contribution in [-0.2, 0) is 22.1 Å². The molecule has 9 heteroatoms. The normalized spacial score (nSPS) is 11.1. The van der Waals surface area contributed by atoms with Crippen LogP contribution in [0.2, 0.25) is 10.0 Å². The summed E-state index contributed by atoms with van der Waals surface area (Å²) < 4.78 is 28.3. The highest BCUT2D eigenvalue weighted by atomic mass is 35.5. The summed E-state index contributed by atoms with van der Waals surface area (Å²) in [5.74, 6) is -5.67. The zero-order valence-corrected chi connectivity index (χ0v) is 14.9. The van der Waals surface area contributed by atoms with Crippen molar-refractivity contribution in [1.29, 1.82) is 0 Å². The summed E-state index contributed by atoms with van der Waals surface area (Å²) in [5, 5.41) is 4.31. The molecule has 5 nitrogen and oxygen atoms in total. The van der Waals surface area contributed by atoms with Gasteiger partial charge < -0.3 is 16.4 Å². The van der Waals surface area contributed by atoms with Crippen molar-refractivity contribution in [2.45, 2.75) is 12.5 Å². The summed E-state index contributed by atoms with van der Waals surface area (Å²) in [5.41, 5.74) is 6.22. The van der Waals surface area contributed by atoms with Crippen molar-refractivity contribution in [3.8, 4) is 0 Å². The lowest BCUT2D eigenvalue weighted by Gasteiger charge is -2.18. The molecule has 0 aromatic heterocycles. The molecule has 26 heavy (non-hydrogen) atoms. The minimum absolute atomic E-state index is 0.0335. The number of anilines is 1. The summed E-state index contributed by atoms with van der Waals surface area (Å²) in [7, 11) is 0. The second-order valence-electron chi connectivity index (χ2n) is 5.37. The third kappa shape index (κ3) is 5.14. The average molecular weight is 402 g/mol. The molecule has 2 aromatic rings. The largest absolute Gasteiger partial charge is 0.341 e. The van der Waals surface area contributed by atoms with E-state index < -0.39 is 29.8 Å². The summed E-state index contributed by atoms with van der Waals surface area (Å²) >= 11 is 11.4. The van der Waals surface area contributed by atoms with Crippen LogP contribution in [0.5, 0.6) is 0 Å². The second kappa shape index (κ2) is 8.44. The number of hydrogen-bond acceptors (Lipinski definition) is 3. The second-order valence-corrected chi connectivity index (χ2v) is 6.19. The van der Waals surface area contributed by atoms with Gasteiger partial charge in [-0.05, 0) is 29.8 Å². The molecule has 0 unspecified atom stereocenters. The van der Waals surface area contributed by atoms with E-state index in [-0.39, 0.29) is 10.0 Å². The van der Waals surface area contributed by atoms with Gasteiger partial charge in [-0.15, -0.1) is 0 Å². The van der Waals surface area contributed by atoms with Crippen molar-refractivity contribution >= 4 is 40.7 Å². The molecular weight excluding hydrogens is 387 g/mol. The lowest BCUT2D eigenvalue weighted by molar-refractivity contribution is -0.137. The number of halogens is 4. The van der Waals surface area contributed by atoms with Crippen LogP contribution in [0.1, 0.15) is 11.1 Å². The van der Waals surface area contributed by atoms with Gasteiger partial charge in [0, 0.05) is 17.8 Å². The van der Waals surface area contributed by atoms with E-state index in [0.717, 1.165) is 17.7 Å². The minimum Gasteiger partial charge on any atom is -0.341 e. The van der Waals surface area contributed by atoms with Crippen LogP contribution in [-0.4, -0.2) is 18.4 Å². The fourth-order valence-corrected chi connectivity index (χ4v) is 2.31. The topological polar surface area (TPSA) is 84.2 Å². The van der Waals surface area contributed by atoms with Crippen LogP contribution in [0.15, 0.2) is 42.5 Å². The zero-order valence-electron chi connectivity index (χ0n) is 13.4. The van der Waals surface area contributed by atoms with Gasteiger partial charge in [0.25, 0.3) is 5.92 Å². The number of nitrogens with one attached hydrogen (secondary N) is 2. The van der Waals surface area contributed by atoms with Gasteiger partial charge >= 0.3 is 11.8 Å². The number of carbonyl (C=O) groups is 2. The number of amides is 2. The molecule has 0 saturated carbocycles. The van der Waals surface area contributed by atoms with Crippen molar-refractivity contribution in [3.05, 3.63) is 63.6 Å². The van der Waals surface area contributed by atoms with Crippen LogP contribution in [0, 0.1) is 0 Å². The average Bonchev–Trinajstić information content (AvgIpc) is 2.62. The molecule has 0 aliphatic carbocycles. The first kappa shape index (κ1) is 20.1. The lowest BCUT2D eigenvalue weighted by Crippen LogP contribution is -2.41. The Balaban J connectivity index is 1.95. The highest BCUT2D eigenvalue weighted by Gasteiger charge is 2.33.